The Hall–Kier alpha value is -7.65. The number of oxime groups is 1. The second-order valence-electron chi connectivity index (χ2n) is 15.2. The minimum absolute atomic E-state index is 0.0463. The molecule has 1 fully saturated rings. The number of hydrogen-bond donors (Lipinski definition) is 2. The van der Waals surface area contributed by atoms with Crippen molar-refractivity contribution in [3.8, 4) is 45.3 Å². The van der Waals surface area contributed by atoms with Crippen LogP contribution in [0.2, 0.25) is 0 Å². The molecular formula is C48H42N6O9. The summed E-state index contributed by atoms with van der Waals surface area (Å²) in [4.78, 5) is 55.5. The van der Waals surface area contributed by atoms with Gasteiger partial charge in [0.25, 0.3) is 11.8 Å². The summed E-state index contributed by atoms with van der Waals surface area (Å²) in [6, 6.07) is 29.2. The zero-order valence-electron chi connectivity index (χ0n) is 34.1. The molecule has 1 unspecified atom stereocenters. The van der Waals surface area contributed by atoms with Crippen LogP contribution in [0.3, 0.4) is 0 Å². The molecule has 15 nitrogen and oxygen atoms in total. The Balaban J connectivity index is 0.754. The number of amides is 4. The number of carbonyl (C=O) groups is 4. The lowest BCUT2D eigenvalue weighted by atomic mass is 9.98. The van der Waals surface area contributed by atoms with Crippen LogP contribution in [0, 0.1) is 0 Å². The fraction of sp³-hybridized carbons (Fsp3) is 0.229. The summed E-state index contributed by atoms with van der Waals surface area (Å²) in [6.45, 7) is 1.52. The summed E-state index contributed by atoms with van der Waals surface area (Å²) in [5.41, 5.74) is 8.63. The molecule has 15 heteroatoms. The van der Waals surface area contributed by atoms with Gasteiger partial charge in [0.05, 0.1) is 35.7 Å². The van der Waals surface area contributed by atoms with Crippen molar-refractivity contribution in [2.45, 2.75) is 44.8 Å². The number of aromatic nitrogens is 3. The number of benzene rings is 4. The lowest BCUT2D eigenvalue weighted by Crippen LogP contribution is -2.54. The fourth-order valence-electron chi connectivity index (χ4n) is 8.06. The van der Waals surface area contributed by atoms with E-state index < -0.39 is 29.7 Å². The molecule has 63 heavy (non-hydrogen) atoms. The number of hydrogen-bond acceptors (Lipinski definition) is 12. The first-order valence-electron chi connectivity index (χ1n) is 20.7. The van der Waals surface area contributed by atoms with E-state index >= 15 is 0 Å². The van der Waals surface area contributed by atoms with Crippen LogP contribution in [0.4, 0.5) is 0 Å². The predicted octanol–water partition coefficient (Wildman–Crippen LogP) is 6.57. The zero-order chi connectivity index (χ0) is 43.3. The van der Waals surface area contributed by atoms with Crippen molar-refractivity contribution in [1.82, 2.24) is 25.0 Å². The summed E-state index contributed by atoms with van der Waals surface area (Å²) in [7, 11) is 0. The van der Waals surface area contributed by atoms with Gasteiger partial charge in [-0.2, -0.15) is 5.10 Å². The van der Waals surface area contributed by atoms with E-state index in [4.69, 9.17) is 24.0 Å². The Morgan fingerprint density at radius 1 is 0.730 bits per heavy atom. The molecule has 4 aromatic carbocycles. The highest BCUT2D eigenvalue weighted by atomic mass is 16.5. The fourth-order valence-corrected chi connectivity index (χ4v) is 8.06. The van der Waals surface area contributed by atoms with Crippen molar-refractivity contribution in [2.75, 3.05) is 26.4 Å². The molecule has 1 saturated heterocycles. The number of nitrogens with one attached hydrogen (secondary N) is 1. The van der Waals surface area contributed by atoms with Crippen LogP contribution in [0.5, 0.6) is 17.2 Å². The van der Waals surface area contributed by atoms with E-state index in [1.54, 1.807) is 24.5 Å². The van der Waals surface area contributed by atoms with Gasteiger partial charge in [0.2, 0.25) is 11.8 Å². The van der Waals surface area contributed by atoms with Gasteiger partial charge in [-0.05, 0) is 85.0 Å². The molecule has 3 aliphatic rings. The molecule has 0 bridgehead atoms. The number of fused-ring (bicyclic) bond motifs is 2. The number of imide groups is 2. The van der Waals surface area contributed by atoms with Gasteiger partial charge in [-0.3, -0.25) is 34.4 Å². The number of aryl methyl sites for hydroxylation is 1. The SMILES string of the molecule is O=C1CCC(N2C(=O)c3cccc(OCCCOCCOc4ccccc4COc4ccc(-n5cc(-c6ccc7c(c6)CCC7=NO)c(-c6ccncc6)n5)cc4)c3C2=O)C(=O)N1. The Morgan fingerprint density at radius 3 is 2.37 bits per heavy atom. The van der Waals surface area contributed by atoms with Gasteiger partial charge in [-0.1, -0.05) is 47.6 Å². The first kappa shape index (κ1) is 40.7. The Bertz CT molecular complexity index is 2730. The lowest BCUT2D eigenvalue weighted by molar-refractivity contribution is -0.136. The number of rotatable bonds is 16. The van der Waals surface area contributed by atoms with Gasteiger partial charge < -0.3 is 24.2 Å². The van der Waals surface area contributed by atoms with Gasteiger partial charge >= 0.3 is 0 Å². The average molecular weight is 847 g/mol. The van der Waals surface area contributed by atoms with Gasteiger partial charge in [0.1, 0.15) is 42.2 Å². The molecule has 4 amide bonds. The van der Waals surface area contributed by atoms with E-state index in [2.05, 4.69) is 21.5 Å². The third-order valence-corrected chi connectivity index (χ3v) is 11.2. The molecule has 0 spiro atoms. The number of carbonyl (C=O) groups excluding carboxylic acids is 4. The van der Waals surface area contributed by atoms with E-state index in [9.17, 15) is 24.4 Å². The smallest absolute Gasteiger partial charge is 0.266 e. The maximum absolute atomic E-state index is 13.3. The van der Waals surface area contributed by atoms with Crippen LogP contribution >= 0.6 is 0 Å². The van der Waals surface area contributed by atoms with Crippen molar-refractivity contribution in [3.63, 3.8) is 0 Å². The monoisotopic (exact) mass is 846 g/mol. The number of pyridine rings is 1. The summed E-state index contributed by atoms with van der Waals surface area (Å²) in [5, 5.41) is 20.1. The van der Waals surface area contributed by atoms with Gasteiger partial charge in [-0.25, -0.2) is 4.68 Å². The van der Waals surface area contributed by atoms with Crippen molar-refractivity contribution in [2.24, 2.45) is 5.16 Å². The van der Waals surface area contributed by atoms with Crippen molar-refractivity contribution in [1.29, 1.82) is 0 Å². The van der Waals surface area contributed by atoms with Crippen LogP contribution in [0.1, 0.15) is 63.1 Å². The standard InChI is InChI=1S/C48H42N6O9/c55-43-18-17-40(46(56)50-43)54-47(57)37-6-3-8-42(44(37)48(54)58)61-24-4-23-60-25-26-62-41-7-2-1-5-33(41)29-63-35-13-11-34(12-14-35)53-28-38(45(51-53)30-19-21-49-22-20-30)32-9-15-36-31(27-32)10-16-39(36)52-59/h1-3,5-9,11-15,19-22,27-28,40,59H,4,10,16-18,23-26,29H2,(H,50,55,56). The predicted molar refractivity (Wildman–Crippen MR) is 229 cm³/mol. The average Bonchev–Trinajstić information content (AvgIpc) is 4.01. The number of nitrogens with zero attached hydrogens (tertiary/aromatic N) is 5. The molecular weight excluding hydrogens is 805 g/mol. The third kappa shape index (κ3) is 8.50. The summed E-state index contributed by atoms with van der Waals surface area (Å²) < 4.78 is 25.8. The molecule has 0 saturated carbocycles. The molecule has 1 atom stereocenters. The van der Waals surface area contributed by atoms with E-state index in [-0.39, 0.29) is 42.9 Å². The molecule has 1 aliphatic carbocycles. The van der Waals surface area contributed by atoms with Crippen LogP contribution in [-0.2, 0) is 27.4 Å². The maximum atomic E-state index is 13.3. The van der Waals surface area contributed by atoms with E-state index in [0.29, 0.717) is 49.9 Å². The third-order valence-electron chi connectivity index (χ3n) is 11.2. The molecule has 2 aliphatic heterocycles. The minimum Gasteiger partial charge on any atom is -0.493 e. The summed E-state index contributed by atoms with van der Waals surface area (Å²) >= 11 is 0. The first-order valence-corrected chi connectivity index (χ1v) is 20.7. The van der Waals surface area contributed by atoms with E-state index in [1.807, 2.05) is 83.7 Å². The quantitative estimate of drug-likeness (QED) is 0.0465. The highest BCUT2D eigenvalue weighted by Crippen LogP contribution is 2.36. The van der Waals surface area contributed by atoms with Crippen LogP contribution < -0.4 is 19.5 Å². The number of ether oxygens (including phenoxy) is 4. The molecule has 0 radical (unpaired) electrons. The van der Waals surface area contributed by atoms with Crippen LogP contribution in [-0.4, -0.2) is 86.7 Å². The van der Waals surface area contributed by atoms with Crippen LogP contribution in [0.15, 0.2) is 121 Å². The summed E-state index contributed by atoms with van der Waals surface area (Å²) in [6.07, 6.45) is 7.71. The Morgan fingerprint density at radius 2 is 1.54 bits per heavy atom. The van der Waals surface area contributed by atoms with Gasteiger partial charge in [0.15, 0.2) is 0 Å². The Labute approximate surface area is 361 Å². The van der Waals surface area contributed by atoms with E-state index in [1.165, 1.54) is 6.07 Å². The second kappa shape index (κ2) is 18.1. The van der Waals surface area contributed by atoms with Crippen LogP contribution in [0.25, 0.3) is 28.1 Å². The first-order chi connectivity index (χ1) is 30.9. The molecule has 6 aromatic rings. The summed E-state index contributed by atoms with van der Waals surface area (Å²) in [5.74, 6) is -0.668. The molecule has 318 valence electrons. The Kier molecular flexibility index (Phi) is 11.7. The van der Waals surface area contributed by atoms with E-state index in [0.717, 1.165) is 56.1 Å². The minimum atomic E-state index is -1.05. The highest BCUT2D eigenvalue weighted by molar-refractivity contribution is 6.24. The van der Waals surface area contributed by atoms with Crippen molar-refractivity contribution in [3.05, 3.63) is 143 Å². The number of piperidine rings is 1. The zero-order valence-corrected chi connectivity index (χ0v) is 34.1. The molecule has 2 N–H and O–H groups in total. The molecule has 4 heterocycles. The lowest BCUT2D eigenvalue weighted by Gasteiger charge is -2.27. The van der Waals surface area contributed by atoms with Gasteiger partial charge in [-0.15, -0.1) is 0 Å². The normalized spacial score (nSPS) is 16.3. The maximum Gasteiger partial charge on any atom is 0.266 e. The van der Waals surface area contributed by atoms with Gasteiger partial charge in [0, 0.05) is 60.3 Å². The highest BCUT2D eigenvalue weighted by Gasteiger charge is 2.46. The molecule has 2 aromatic heterocycles. The number of para-hydroxylation sites is 1. The van der Waals surface area contributed by atoms with Crippen molar-refractivity contribution >= 4 is 29.3 Å². The largest absolute Gasteiger partial charge is 0.493 e. The second-order valence-corrected chi connectivity index (χ2v) is 15.2. The topological polar surface area (TPSA) is 184 Å². The van der Waals surface area contributed by atoms with Crippen molar-refractivity contribution < 1.29 is 43.3 Å². The molecule has 9 rings (SSSR count).